The molecule has 5 rings (SSSR count). The number of hydrazone groups is 1. The number of carbonyl (C=O) groups excluding carboxylic acids is 2. The first-order chi connectivity index (χ1) is 20.2. The fourth-order valence-corrected chi connectivity index (χ4v) is 5.36. The van der Waals surface area contributed by atoms with E-state index in [4.69, 9.17) is 0 Å². The third-order valence-corrected chi connectivity index (χ3v) is 8.13. The molecular formula is C28H23BrFN7O4S. The number of nitrogens with zero attached hydrogens (tertiary/aromatic N) is 6. The van der Waals surface area contributed by atoms with Gasteiger partial charge in [-0.15, -0.1) is 10.2 Å². The Balaban J connectivity index is 1.24. The number of nitrogens with one attached hydrogen (secondary N) is 1. The van der Waals surface area contributed by atoms with E-state index in [2.05, 4.69) is 36.5 Å². The molecule has 0 radical (unpaired) electrons. The van der Waals surface area contributed by atoms with E-state index in [1.54, 1.807) is 23.7 Å². The summed E-state index contributed by atoms with van der Waals surface area (Å²) in [5.74, 6) is -0.548. The minimum Gasteiger partial charge on any atom is -0.345 e. The van der Waals surface area contributed by atoms with E-state index < -0.39 is 10.8 Å². The Bertz CT molecular complexity index is 1660. The number of non-ortho nitro benzene ring substituents is 1. The van der Waals surface area contributed by atoms with Crippen LogP contribution in [0.25, 0.3) is 0 Å². The van der Waals surface area contributed by atoms with Gasteiger partial charge in [0.05, 0.1) is 29.0 Å². The van der Waals surface area contributed by atoms with E-state index in [1.807, 2.05) is 24.3 Å². The van der Waals surface area contributed by atoms with Gasteiger partial charge < -0.3 is 9.88 Å². The van der Waals surface area contributed by atoms with Crippen molar-refractivity contribution < 1.29 is 18.9 Å². The van der Waals surface area contributed by atoms with E-state index in [-0.39, 0.29) is 41.3 Å². The third kappa shape index (κ3) is 6.55. The van der Waals surface area contributed by atoms with Crippen molar-refractivity contribution in [2.45, 2.75) is 24.2 Å². The molecule has 0 fully saturated rings. The van der Waals surface area contributed by atoms with Crippen LogP contribution in [0, 0.1) is 15.9 Å². The molecule has 0 spiro atoms. The lowest BCUT2D eigenvalue weighted by Gasteiger charge is -2.22. The number of amides is 2. The van der Waals surface area contributed by atoms with Gasteiger partial charge in [0.2, 0.25) is 0 Å². The lowest BCUT2D eigenvalue weighted by molar-refractivity contribution is -0.384. The number of hydrogen-bond donors (Lipinski definition) is 1. The molecule has 1 aliphatic rings. The second-order valence-corrected chi connectivity index (χ2v) is 11.2. The van der Waals surface area contributed by atoms with Gasteiger partial charge in [0.1, 0.15) is 5.82 Å². The van der Waals surface area contributed by atoms with Gasteiger partial charge in [0.15, 0.2) is 11.0 Å². The summed E-state index contributed by atoms with van der Waals surface area (Å²) in [6, 6.07) is 18.6. The predicted octanol–water partition coefficient (Wildman–Crippen LogP) is 5.02. The zero-order chi connectivity index (χ0) is 29.8. The number of nitro groups is 1. The van der Waals surface area contributed by atoms with Gasteiger partial charge in [-0.25, -0.2) is 9.40 Å². The Morgan fingerprint density at radius 2 is 1.76 bits per heavy atom. The van der Waals surface area contributed by atoms with E-state index in [0.29, 0.717) is 17.4 Å². The number of halogens is 2. The lowest BCUT2D eigenvalue weighted by Crippen LogP contribution is -2.28. The van der Waals surface area contributed by atoms with Crippen molar-refractivity contribution in [3.8, 4) is 0 Å². The fraction of sp³-hybridized carbons (Fsp3) is 0.179. The standard InChI is InChI=1S/C28H23BrFN7O4S/c1-35-25(15-31-27(39)19-6-12-22(13-7-19)37(40)41)32-33-28(35)42-16-26(38)36-24(18-4-10-21(30)11-5-18)14-23(34-36)17-2-8-20(29)9-3-17/h2-13,24H,14-16H2,1H3,(H,31,39). The Morgan fingerprint density at radius 3 is 2.43 bits per heavy atom. The van der Waals surface area contributed by atoms with Crippen LogP contribution in [-0.2, 0) is 18.4 Å². The quantitative estimate of drug-likeness (QED) is 0.152. The average Bonchev–Trinajstić information content (AvgIpc) is 3.59. The topological polar surface area (TPSA) is 136 Å². The molecule has 0 saturated carbocycles. The molecule has 14 heteroatoms. The monoisotopic (exact) mass is 651 g/mol. The van der Waals surface area contributed by atoms with Crippen molar-refractivity contribution in [1.82, 2.24) is 25.1 Å². The van der Waals surface area contributed by atoms with Crippen molar-refractivity contribution in [3.63, 3.8) is 0 Å². The molecule has 3 aromatic carbocycles. The Hall–Kier alpha value is -4.43. The molecule has 1 aliphatic heterocycles. The number of aromatic nitrogens is 3. The maximum absolute atomic E-state index is 13.6. The van der Waals surface area contributed by atoms with Crippen LogP contribution in [0.1, 0.15) is 39.8 Å². The molecule has 1 atom stereocenters. The van der Waals surface area contributed by atoms with Gasteiger partial charge in [-0.05, 0) is 47.5 Å². The van der Waals surface area contributed by atoms with Gasteiger partial charge in [0.25, 0.3) is 17.5 Å². The van der Waals surface area contributed by atoms with E-state index >= 15 is 0 Å². The van der Waals surface area contributed by atoms with Crippen molar-refractivity contribution in [2.24, 2.45) is 12.1 Å². The zero-order valence-corrected chi connectivity index (χ0v) is 24.5. The summed E-state index contributed by atoms with van der Waals surface area (Å²) in [6.07, 6.45) is 0.478. The summed E-state index contributed by atoms with van der Waals surface area (Å²) in [5, 5.41) is 28.4. The van der Waals surface area contributed by atoms with Crippen LogP contribution < -0.4 is 5.32 Å². The van der Waals surface area contributed by atoms with Gasteiger partial charge in [-0.1, -0.05) is 52.0 Å². The number of rotatable bonds is 9. The second-order valence-electron chi connectivity index (χ2n) is 9.30. The summed E-state index contributed by atoms with van der Waals surface area (Å²) in [5.41, 5.74) is 2.58. The fourth-order valence-electron chi connectivity index (χ4n) is 4.31. The maximum Gasteiger partial charge on any atom is 0.269 e. The first-order valence-corrected chi connectivity index (χ1v) is 14.4. The molecule has 1 N–H and O–H groups in total. The van der Waals surface area contributed by atoms with Crippen LogP contribution in [0.4, 0.5) is 10.1 Å². The van der Waals surface area contributed by atoms with Crippen LogP contribution in [-0.4, -0.2) is 48.0 Å². The number of nitro benzene ring substituents is 1. The van der Waals surface area contributed by atoms with Crippen LogP contribution in [0.5, 0.6) is 0 Å². The number of hydrogen-bond acceptors (Lipinski definition) is 8. The highest BCUT2D eigenvalue weighted by Crippen LogP contribution is 2.34. The van der Waals surface area contributed by atoms with Gasteiger partial charge >= 0.3 is 0 Å². The Kier molecular flexibility index (Phi) is 8.73. The molecule has 0 bridgehead atoms. The molecule has 0 saturated heterocycles. The molecule has 11 nitrogen and oxygen atoms in total. The smallest absolute Gasteiger partial charge is 0.269 e. The Labute approximate surface area is 252 Å². The highest BCUT2D eigenvalue weighted by Gasteiger charge is 2.33. The van der Waals surface area contributed by atoms with Crippen molar-refractivity contribution in [3.05, 3.63) is 116 Å². The third-order valence-electron chi connectivity index (χ3n) is 6.60. The predicted molar refractivity (Wildman–Crippen MR) is 157 cm³/mol. The number of benzene rings is 3. The van der Waals surface area contributed by atoms with Crippen LogP contribution in [0.15, 0.2) is 87.5 Å². The lowest BCUT2D eigenvalue weighted by atomic mass is 9.98. The highest BCUT2D eigenvalue weighted by molar-refractivity contribution is 9.10. The van der Waals surface area contributed by atoms with Crippen molar-refractivity contribution in [1.29, 1.82) is 0 Å². The minimum atomic E-state index is -0.536. The number of thioether (sulfide) groups is 1. The molecule has 1 unspecified atom stereocenters. The van der Waals surface area contributed by atoms with Gasteiger partial charge in [0, 0.05) is 35.6 Å². The first-order valence-electron chi connectivity index (χ1n) is 12.6. The molecule has 0 aliphatic carbocycles. The summed E-state index contributed by atoms with van der Waals surface area (Å²) in [6.45, 7) is 0.0629. The van der Waals surface area contributed by atoms with Crippen molar-refractivity contribution >= 4 is 50.9 Å². The normalized spacial score (nSPS) is 14.5. The zero-order valence-electron chi connectivity index (χ0n) is 22.1. The van der Waals surface area contributed by atoms with Crippen LogP contribution in [0.3, 0.4) is 0 Å². The van der Waals surface area contributed by atoms with Crippen molar-refractivity contribution in [2.75, 3.05) is 5.75 Å². The summed E-state index contributed by atoms with van der Waals surface area (Å²) >= 11 is 4.61. The molecule has 4 aromatic rings. The summed E-state index contributed by atoms with van der Waals surface area (Å²) in [7, 11) is 1.72. The summed E-state index contributed by atoms with van der Waals surface area (Å²) in [4.78, 5) is 36.2. The SMILES string of the molecule is Cn1c(CNC(=O)c2ccc([N+](=O)[O-])cc2)nnc1SCC(=O)N1N=C(c2ccc(Br)cc2)CC1c1ccc(F)cc1. The molecule has 2 amide bonds. The molecular weight excluding hydrogens is 629 g/mol. The van der Waals surface area contributed by atoms with Gasteiger partial charge in [-0.3, -0.25) is 19.7 Å². The average molecular weight is 653 g/mol. The van der Waals surface area contributed by atoms with Crippen LogP contribution in [0.2, 0.25) is 0 Å². The first kappa shape index (κ1) is 29.1. The molecule has 214 valence electrons. The van der Waals surface area contributed by atoms with E-state index in [9.17, 15) is 24.1 Å². The Morgan fingerprint density at radius 1 is 1.07 bits per heavy atom. The summed E-state index contributed by atoms with van der Waals surface area (Å²) < 4.78 is 16.2. The van der Waals surface area contributed by atoms with E-state index in [0.717, 1.165) is 21.3 Å². The van der Waals surface area contributed by atoms with Gasteiger partial charge in [-0.2, -0.15) is 5.10 Å². The van der Waals surface area contributed by atoms with E-state index in [1.165, 1.54) is 53.2 Å². The number of carbonyl (C=O) groups is 2. The maximum atomic E-state index is 13.6. The molecule has 42 heavy (non-hydrogen) atoms. The van der Waals surface area contributed by atoms with Crippen LogP contribution >= 0.6 is 27.7 Å². The highest BCUT2D eigenvalue weighted by atomic mass is 79.9. The largest absolute Gasteiger partial charge is 0.345 e. The minimum absolute atomic E-state index is 0.0237. The second kappa shape index (κ2) is 12.6. The molecule has 1 aromatic heterocycles. The molecule has 2 heterocycles.